The molecular weight excluding hydrogens is 424 g/mol. The molecule has 0 radical (unpaired) electrons. The van der Waals surface area contributed by atoms with E-state index in [0.717, 1.165) is 75.6 Å². The second-order valence-electron chi connectivity index (χ2n) is 8.82. The van der Waals surface area contributed by atoms with Crippen LogP contribution in [-0.2, 0) is 13.0 Å². The summed E-state index contributed by atoms with van der Waals surface area (Å²) in [5.74, 6) is 1.57. The van der Waals surface area contributed by atoms with Gasteiger partial charge in [0.15, 0.2) is 11.5 Å². The van der Waals surface area contributed by atoms with E-state index in [1.54, 1.807) is 0 Å². The Morgan fingerprint density at radius 2 is 1.79 bits per heavy atom. The van der Waals surface area contributed by atoms with Crippen molar-refractivity contribution in [1.82, 2.24) is 19.7 Å². The van der Waals surface area contributed by atoms with Crippen LogP contribution < -0.4 is 9.47 Å². The predicted octanol–water partition coefficient (Wildman–Crippen LogP) is 5.81. The van der Waals surface area contributed by atoms with Gasteiger partial charge >= 0.3 is 0 Å². The number of hydrogen-bond donors (Lipinski definition) is 0. The molecule has 5 aromatic rings. The highest BCUT2D eigenvalue weighted by atomic mass is 16.7. The number of rotatable bonds is 3. The summed E-state index contributed by atoms with van der Waals surface area (Å²) in [5, 5.41) is 6.11. The highest BCUT2D eigenvalue weighted by Crippen LogP contribution is 2.41. The summed E-state index contributed by atoms with van der Waals surface area (Å²) in [6.45, 7) is 3.24. The molecule has 2 aromatic carbocycles. The molecule has 2 aliphatic heterocycles. The van der Waals surface area contributed by atoms with Gasteiger partial charge in [0, 0.05) is 35.1 Å². The third-order valence-electron chi connectivity index (χ3n) is 6.69. The molecule has 6 heteroatoms. The topological polar surface area (TPSA) is 62.1 Å². The number of ether oxygens (including phenoxy) is 2. The maximum Gasteiger partial charge on any atom is 0.231 e. The zero-order valence-corrected chi connectivity index (χ0v) is 18.8. The second-order valence-corrected chi connectivity index (χ2v) is 8.82. The van der Waals surface area contributed by atoms with Crippen molar-refractivity contribution < 1.29 is 9.47 Å². The Balaban J connectivity index is 1.45. The Morgan fingerprint density at radius 1 is 0.912 bits per heavy atom. The molecule has 0 unspecified atom stereocenters. The highest BCUT2D eigenvalue weighted by molar-refractivity contribution is 6.00. The summed E-state index contributed by atoms with van der Waals surface area (Å²) in [7, 11) is 0. The van der Waals surface area contributed by atoms with Crippen molar-refractivity contribution in [3.05, 3.63) is 78.2 Å². The molecule has 0 atom stereocenters. The van der Waals surface area contributed by atoms with Crippen LogP contribution in [0.1, 0.15) is 17.8 Å². The Kier molecular flexibility index (Phi) is 4.21. The lowest BCUT2D eigenvalue weighted by Crippen LogP contribution is -1.95. The lowest BCUT2D eigenvalue weighted by molar-refractivity contribution is 0.174. The zero-order chi connectivity index (χ0) is 22.6. The Labute approximate surface area is 196 Å². The van der Waals surface area contributed by atoms with E-state index in [2.05, 4.69) is 46.1 Å². The maximum atomic E-state index is 5.60. The molecule has 0 amide bonds. The molecule has 0 aliphatic carbocycles. The number of aromatic nitrogens is 4. The predicted molar refractivity (Wildman–Crippen MR) is 131 cm³/mol. The lowest BCUT2D eigenvalue weighted by atomic mass is 9.94. The molecule has 3 aromatic heterocycles. The highest BCUT2D eigenvalue weighted by Gasteiger charge is 2.26. The van der Waals surface area contributed by atoms with Crippen LogP contribution in [0.4, 0.5) is 0 Å². The summed E-state index contributed by atoms with van der Waals surface area (Å²) in [6, 6.07) is 20.7. The molecule has 5 heterocycles. The first-order valence-electron chi connectivity index (χ1n) is 11.6. The second kappa shape index (κ2) is 7.42. The van der Waals surface area contributed by atoms with E-state index in [1.807, 2.05) is 37.4 Å². The van der Waals surface area contributed by atoms with Crippen molar-refractivity contribution in [3.63, 3.8) is 0 Å². The van der Waals surface area contributed by atoms with Gasteiger partial charge in [0.05, 0.1) is 11.2 Å². The zero-order valence-electron chi connectivity index (χ0n) is 18.8. The van der Waals surface area contributed by atoms with Crippen molar-refractivity contribution in [2.24, 2.45) is 0 Å². The lowest BCUT2D eigenvalue weighted by Gasteiger charge is -2.11. The Morgan fingerprint density at radius 3 is 2.74 bits per heavy atom. The summed E-state index contributed by atoms with van der Waals surface area (Å²) in [5.41, 5.74) is 9.59. The first kappa shape index (κ1) is 19.3. The Hall–Kier alpha value is -4.19. The first-order chi connectivity index (χ1) is 16.7. The number of aryl methyl sites for hydroxylation is 2. The molecule has 7 rings (SSSR count). The van der Waals surface area contributed by atoms with Crippen molar-refractivity contribution >= 4 is 10.9 Å². The largest absolute Gasteiger partial charge is 0.454 e. The fourth-order valence-corrected chi connectivity index (χ4v) is 5.09. The summed E-state index contributed by atoms with van der Waals surface area (Å²) in [4.78, 5) is 9.47. The normalized spacial score (nSPS) is 14.0. The standard InChI is InChI=1S/C28H22N4O2/c1-17-4-2-5-23(30-17)28-27(24-6-3-13-32(24)31-28)20-11-12-29-22-9-7-18(14-21(20)22)19-8-10-25-26(15-19)34-16-33-25/h2,4-5,7-12,14-15H,3,6,13,16H2,1H3. The number of hydrogen-bond acceptors (Lipinski definition) is 5. The van der Waals surface area contributed by atoms with Gasteiger partial charge in [-0.2, -0.15) is 5.10 Å². The van der Waals surface area contributed by atoms with Gasteiger partial charge in [-0.1, -0.05) is 18.2 Å². The molecule has 0 saturated carbocycles. The molecule has 166 valence electrons. The van der Waals surface area contributed by atoms with E-state index < -0.39 is 0 Å². The maximum absolute atomic E-state index is 5.60. The number of fused-ring (bicyclic) bond motifs is 3. The molecule has 0 saturated heterocycles. The Bertz CT molecular complexity index is 1590. The third-order valence-corrected chi connectivity index (χ3v) is 6.69. The van der Waals surface area contributed by atoms with Crippen LogP contribution in [0, 0.1) is 6.92 Å². The van der Waals surface area contributed by atoms with Crippen LogP contribution in [0.25, 0.3) is 44.5 Å². The minimum absolute atomic E-state index is 0.271. The van der Waals surface area contributed by atoms with Crippen LogP contribution in [0.5, 0.6) is 11.5 Å². The van der Waals surface area contributed by atoms with Crippen LogP contribution >= 0.6 is 0 Å². The minimum atomic E-state index is 0.271. The molecule has 0 bridgehead atoms. The van der Waals surface area contributed by atoms with Crippen LogP contribution in [0.3, 0.4) is 0 Å². The molecule has 34 heavy (non-hydrogen) atoms. The van der Waals surface area contributed by atoms with E-state index >= 15 is 0 Å². The summed E-state index contributed by atoms with van der Waals surface area (Å²) in [6.07, 6.45) is 4.02. The summed E-state index contributed by atoms with van der Waals surface area (Å²) < 4.78 is 13.2. The molecular formula is C28H22N4O2. The average Bonchev–Trinajstić information content (AvgIpc) is 3.59. The number of pyridine rings is 2. The van der Waals surface area contributed by atoms with Crippen LogP contribution in [0.15, 0.2) is 66.9 Å². The summed E-state index contributed by atoms with van der Waals surface area (Å²) >= 11 is 0. The van der Waals surface area contributed by atoms with Gasteiger partial charge in [-0.05, 0) is 78.9 Å². The van der Waals surface area contributed by atoms with Gasteiger partial charge in [0.2, 0.25) is 6.79 Å². The van der Waals surface area contributed by atoms with E-state index in [4.69, 9.17) is 19.6 Å². The van der Waals surface area contributed by atoms with E-state index in [-0.39, 0.29) is 6.79 Å². The van der Waals surface area contributed by atoms with Gasteiger partial charge in [-0.15, -0.1) is 0 Å². The SMILES string of the molecule is Cc1cccc(-c2nn3c(c2-c2ccnc4ccc(-c5ccc6c(c5)OCO6)cc24)CCC3)n1. The van der Waals surface area contributed by atoms with E-state index in [9.17, 15) is 0 Å². The molecule has 6 nitrogen and oxygen atoms in total. The number of benzene rings is 2. The molecule has 0 fully saturated rings. The fourth-order valence-electron chi connectivity index (χ4n) is 5.09. The quantitative estimate of drug-likeness (QED) is 0.350. The van der Waals surface area contributed by atoms with Crippen molar-refractivity contribution in [2.75, 3.05) is 6.79 Å². The molecule has 2 aliphatic rings. The van der Waals surface area contributed by atoms with Gasteiger partial charge in [0.1, 0.15) is 5.69 Å². The molecule has 0 spiro atoms. The van der Waals surface area contributed by atoms with Gasteiger partial charge in [-0.3, -0.25) is 14.6 Å². The minimum Gasteiger partial charge on any atom is -0.454 e. The van der Waals surface area contributed by atoms with E-state index in [0.29, 0.717) is 0 Å². The monoisotopic (exact) mass is 446 g/mol. The van der Waals surface area contributed by atoms with Crippen LogP contribution in [0.2, 0.25) is 0 Å². The number of nitrogens with zero attached hydrogens (tertiary/aromatic N) is 4. The average molecular weight is 447 g/mol. The van der Waals surface area contributed by atoms with E-state index in [1.165, 1.54) is 11.3 Å². The fraction of sp³-hybridized carbons (Fsp3) is 0.179. The first-order valence-corrected chi connectivity index (χ1v) is 11.6. The van der Waals surface area contributed by atoms with Crippen molar-refractivity contribution in [2.45, 2.75) is 26.3 Å². The molecule has 0 N–H and O–H groups in total. The van der Waals surface area contributed by atoms with Crippen LogP contribution in [-0.4, -0.2) is 26.5 Å². The van der Waals surface area contributed by atoms with Gasteiger partial charge < -0.3 is 9.47 Å². The van der Waals surface area contributed by atoms with Gasteiger partial charge in [0.25, 0.3) is 0 Å². The smallest absolute Gasteiger partial charge is 0.231 e. The van der Waals surface area contributed by atoms with Crippen molar-refractivity contribution in [3.8, 4) is 45.1 Å². The van der Waals surface area contributed by atoms with Gasteiger partial charge in [-0.25, -0.2) is 0 Å². The van der Waals surface area contributed by atoms with Crippen molar-refractivity contribution in [1.29, 1.82) is 0 Å². The third kappa shape index (κ3) is 2.99.